The van der Waals surface area contributed by atoms with Crippen molar-refractivity contribution in [2.75, 3.05) is 59.4 Å². The van der Waals surface area contributed by atoms with Crippen molar-refractivity contribution < 1.29 is 0 Å². The number of thiophene rings is 1. The van der Waals surface area contributed by atoms with Crippen LogP contribution in [-0.4, -0.2) is 75.2 Å². The zero-order valence-corrected chi connectivity index (χ0v) is 17.1. The van der Waals surface area contributed by atoms with Crippen LogP contribution in [0.5, 0.6) is 0 Å². The Morgan fingerprint density at radius 2 is 1.84 bits per heavy atom. The van der Waals surface area contributed by atoms with Crippen molar-refractivity contribution in [1.82, 2.24) is 20.4 Å². The fraction of sp³-hybridized carbons (Fsp3) is 0.737. The van der Waals surface area contributed by atoms with E-state index in [4.69, 9.17) is 0 Å². The molecule has 2 N–H and O–H groups in total. The molecule has 2 atom stereocenters. The summed E-state index contributed by atoms with van der Waals surface area (Å²) in [5.74, 6) is 2.03. The highest BCUT2D eigenvalue weighted by atomic mass is 32.1. The minimum absolute atomic E-state index is 0.505. The third-order valence-corrected chi connectivity index (χ3v) is 6.03. The fourth-order valence-electron chi connectivity index (χ4n) is 3.21. The smallest absolute Gasteiger partial charge is 0.191 e. The van der Waals surface area contributed by atoms with Crippen LogP contribution in [0.4, 0.5) is 0 Å². The molecule has 0 radical (unpaired) electrons. The summed E-state index contributed by atoms with van der Waals surface area (Å²) < 4.78 is 0. The molecule has 0 aliphatic carbocycles. The minimum Gasteiger partial charge on any atom is -0.356 e. The van der Waals surface area contributed by atoms with Crippen molar-refractivity contribution in [2.24, 2.45) is 10.9 Å². The zero-order chi connectivity index (χ0) is 18.1. The van der Waals surface area contributed by atoms with Gasteiger partial charge in [-0.2, -0.15) is 0 Å². The van der Waals surface area contributed by atoms with Crippen LogP contribution in [0.15, 0.2) is 22.5 Å². The van der Waals surface area contributed by atoms with Gasteiger partial charge in [0.15, 0.2) is 5.96 Å². The normalized spacial score (nSPS) is 19.6. The molecule has 0 amide bonds. The Bertz CT molecular complexity index is 494. The first-order valence-corrected chi connectivity index (χ1v) is 10.4. The van der Waals surface area contributed by atoms with Gasteiger partial charge >= 0.3 is 0 Å². The van der Waals surface area contributed by atoms with Gasteiger partial charge in [-0.1, -0.05) is 26.8 Å². The first kappa shape index (κ1) is 20.2. The van der Waals surface area contributed by atoms with Gasteiger partial charge in [-0.05, 0) is 23.9 Å². The summed E-state index contributed by atoms with van der Waals surface area (Å²) in [6.07, 6.45) is 0. The maximum absolute atomic E-state index is 4.36. The summed E-state index contributed by atoms with van der Waals surface area (Å²) in [7, 11) is 1.85. The van der Waals surface area contributed by atoms with Crippen LogP contribution in [0.3, 0.4) is 0 Å². The largest absolute Gasteiger partial charge is 0.356 e. The predicted molar refractivity (Wildman–Crippen MR) is 110 cm³/mol. The first-order valence-electron chi connectivity index (χ1n) is 9.55. The molecular weight excluding hydrogens is 330 g/mol. The summed E-state index contributed by atoms with van der Waals surface area (Å²) in [6.45, 7) is 15.8. The summed E-state index contributed by atoms with van der Waals surface area (Å²) in [6, 6.07) is 4.32. The van der Waals surface area contributed by atoms with Gasteiger partial charge in [-0.3, -0.25) is 4.99 Å². The molecule has 2 heterocycles. The highest BCUT2D eigenvalue weighted by Gasteiger charge is 2.17. The van der Waals surface area contributed by atoms with Crippen molar-refractivity contribution in [3.05, 3.63) is 22.4 Å². The monoisotopic (exact) mass is 365 g/mol. The lowest BCUT2D eigenvalue weighted by atomic mass is 10.1. The van der Waals surface area contributed by atoms with Crippen LogP contribution in [0.2, 0.25) is 0 Å². The molecule has 6 heteroatoms. The van der Waals surface area contributed by atoms with E-state index in [-0.39, 0.29) is 0 Å². The molecule has 1 aromatic heterocycles. The molecule has 1 saturated heterocycles. The Morgan fingerprint density at radius 1 is 1.16 bits per heavy atom. The highest BCUT2D eigenvalue weighted by molar-refractivity contribution is 7.10. The molecule has 5 nitrogen and oxygen atoms in total. The van der Waals surface area contributed by atoms with Crippen LogP contribution in [0, 0.1) is 5.92 Å². The average Bonchev–Trinajstić information content (AvgIpc) is 3.17. The lowest BCUT2D eigenvalue weighted by Crippen LogP contribution is -2.48. The molecule has 25 heavy (non-hydrogen) atoms. The van der Waals surface area contributed by atoms with Crippen molar-refractivity contribution in [3.63, 3.8) is 0 Å². The average molecular weight is 366 g/mol. The molecule has 1 aliphatic rings. The Kier molecular flexibility index (Phi) is 8.72. The number of likely N-dealkylation sites (N-methyl/N-ethyl adjacent to an activating group) is 1. The lowest BCUT2D eigenvalue weighted by molar-refractivity contribution is 0.124. The van der Waals surface area contributed by atoms with Crippen LogP contribution < -0.4 is 10.6 Å². The van der Waals surface area contributed by atoms with E-state index in [2.05, 4.69) is 63.7 Å². The molecule has 0 bridgehead atoms. The van der Waals surface area contributed by atoms with E-state index < -0.39 is 0 Å². The predicted octanol–water partition coefficient (Wildman–Crippen LogP) is 2.29. The number of nitrogens with zero attached hydrogens (tertiary/aromatic N) is 3. The van der Waals surface area contributed by atoms with Crippen molar-refractivity contribution in [1.29, 1.82) is 0 Å². The third-order valence-electron chi connectivity index (χ3n) is 4.93. The molecule has 2 unspecified atom stereocenters. The van der Waals surface area contributed by atoms with Crippen molar-refractivity contribution in [2.45, 2.75) is 26.7 Å². The number of guanidine groups is 1. The van der Waals surface area contributed by atoms with Crippen LogP contribution in [0.1, 0.15) is 31.6 Å². The fourth-order valence-corrected chi connectivity index (χ4v) is 3.99. The third kappa shape index (κ3) is 6.96. The second-order valence-corrected chi connectivity index (χ2v) is 8.07. The molecule has 1 aromatic rings. The molecule has 142 valence electrons. The van der Waals surface area contributed by atoms with Crippen LogP contribution >= 0.6 is 11.3 Å². The molecule has 1 aliphatic heterocycles. The first-order chi connectivity index (χ1) is 12.1. The standard InChI is InChI=1S/C19H35N5S/c1-5-23-8-10-24(11-9-23)15-16(2)13-21-19(20-4)22-14-17(3)18-7-6-12-25-18/h6-7,12,16-17H,5,8-11,13-15H2,1-4H3,(H2,20,21,22). The van der Waals surface area contributed by atoms with E-state index in [1.165, 1.54) is 37.6 Å². The van der Waals surface area contributed by atoms with Crippen LogP contribution in [-0.2, 0) is 0 Å². The quantitative estimate of drug-likeness (QED) is 0.548. The molecular formula is C19H35N5S. The number of nitrogens with one attached hydrogen (secondary N) is 2. The van der Waals surface area contributed by atoms with Crippen LogP contribution in [0.25, 0.3) is 0 Å². The number of hydrogen-bond donors (Lipinski definition) is 2. The minimum atomic E-state index is 0.505. The highest BCUT2D eigenvalue weighted by Crippen LogP contribution is 2.19. The van der Waals surface area contributed by atoms with Gasteiger partial charge < -0.3 is 20.4 Å². The Balaban J connectivity index is 1.64. The van der Waals surface area contributed by atoms with E-state index in [1.807, 2.05) is 18.4 Å². The number of rotatable bonds is 8. The number of hydrogen-bond acceptors (Lipinski definition) is 4. The molecule has 0 spiro atoms. The summed E-state index contributed by atoms with van der Waals surface area (Å²) in [5, 5.41) is 9.08. The van der Waals surface area contributed by atoms with Gasteiger partial charge in [-0.15, -0.1) is 11.3 Å². The van der Waals surface area contributed by atoms with E-state index >= 15 is 0 Å². The Morgan fingerprint density at radius 3 is 2.44 bits per heavy atom. The maximum atomic E-state index is 4.36. The van der Waals surface area contributed by atoms with Gasteiger partial charge in [-0.25, -0.2) is 0 Å². The summed E-state index contributed by atoms with van der Waals surface area (Å²) >= 11 is 1.82. The Hall–Kier alpha value is -1.11. The topological polar surface area (TPSA) is 42.9 Å². The number of piperazine rings is 1. The summed E-state index contributed by atoms with van der Waals surface area (Å²) in [5.41, 5.74) is 0. The van der Waals surface area contributed by atoms with Gasteiger partial charge in [0.1, 0.15) is 0 Å². The van der Waals surface area contributed by atoms with Crippen molar-refractivity contribution in [3.8, 4) is 0 Å². The van der Waals surface area contributed by atoms with Crippen molar-refractivity contribution >= 4 is 17.3 Å². The Labute approximate surface area is 157 Å². The second kappa shape index (κ2) is 10.8. The van der Waals surface area contributed by atoms with E-state index in [9.17, 15) is 0 Å². The zero-order valence-electron chi connectivity index (χ0n) is 16.3. The molecule has 0 aromatic carbocycles. The van der Waals surface area contributed by atoms with E-state index in [0.717, 1.165) is 25.6 Å². The van der Waals surface area contributed by atoms with Gasteiger partial charge in [0.05, 0.1) is 0 Å². The van der Waals surface area contributed by atoms with E-state index in [0.29, 0.717) is 11.8 Å². The lowest BCUT2D eigenvalue weighted by Gasteiger charge is -2.35. The van der Waals surface area contributed by atoms with E-state index in [1.54, 1.807) is 0 Å². The molecule has 2 rings (SSSR count). The second-order valence-electron chi connectivity index (χ2n) is 7.09. The number of aliphatic imine (C=N–C) groups is 1. The summed E-state index contributed by atoms with van der Waals surface area (Å²) in [4.78, 5) is 10.9. The molecule has 0 saturated carbocycles. The SMILES string of the molecule is CCN1CCN(CC(C)CNC(=NC)NCC(C)c2cccs2)CC1. The van der Waals surface area contributed by atoms with Gasteiger partial charge in [0, 0.05) is 63.7 Å². The maximum Gasteiger partial charge on any atom is 0.191 e. The van der Waals surface area contributed by atoms with Gasteiger partial charge in [0.25, 0.3) is 0 Å². The van der Waals surface area contributed by atoms with Gasteiger partial charge in [0.2, 0.25) is 0 Å². The molecule has 1 fully saturated rings.